The molecule has 0 saturated heterocycles. The topological polar surface area (TPSA) is 93.6 Å². The molecule has 0 aromatic carbocycles. The minimum atomic E-state index is -4.37. The third-order valence-corrected chi connectivity index (χ3v) is 10.4. The highest BCUT2D eigenvalue weighted by Gasteiger charge is 2.60. The van der Waals surface area contributed by atoms with E-state index in [1.54, 1.807) is 19.3 Å². The van der Waals surface area contributed by atoms with Gasteiger partial charge < -0.3 is 0 Å². The molecule has 1 aromatic rings. The number of rotatable bonds is 3. The van der Waals surface area contributed by atoms with Gasteiger partial charge >= 0.3 is 10.4 Å². The Morgan fingerprint density at radius 1 is 0.939 bits per heavy atom. The Bertz CT molecular complexity index is 911. The van der Waals surface area contributed by atoms with Crippen LogP contribution in [0.4, 0.5) is 0 Å². The minimum Gasteiger partial charge on any atom is -0.300 e. The Morgan fingerprint density at radius 2 is 1.61 bits per heavy atom. The molecule has 4 aliphatic rings. The predicted molar refractivity (Wildman–Crippen MR) is 127 cm³/mol. The Labute approximate surface area is 198 Å². The Balaban J connectivity index is 0.000000376. The van der Waals surface area contributed by atoms with E-state index in [4.69, 9.17) is 8.74 Å². The molecule has 1 heterocycles. The van der Waals surface area contributed by atoms with Crippen LogP contribution >= 0.6 is 0 Å². The highest BCUT2D eigenvalue weighted by molar-refractivity contribution is 7.80. The first-order chi connectivity index (χ1) is 15.5. The maximum Gasteiger partial charge on any atom is 0.397 e. The highest BCUT2D eigenvalue weighted by atomic mass is 32.3. The maximum atomic E-state index is 12.2. The van der Waals surface area contributed by atoms with E-state index in [9.17, 15) is 13.2 Å². The van der Waals surface area contributed by atoms with Crippen LogP contribution in [0.25, 0.3) is 0 Å². The van der Waals surface area contributed by atoms with Gasteiger partial charge in [0.2, 0.25) is 0 Å². The molecular formula is C26H39NO5S. The van der Waals surface area contributed by atoms with Gasteiger partial charge in [-0.05, 0) is 111 Å². The second kappa shape index (κ2) is 9.38. The largest absolute Gasteiger partial charge is 0.397 e. The average Bonchev–Trinajstić information content (AvgIpc) is 3.12. The summed E-state index contributed by atoms with van der Waals surface area (Å²) < 4.78 is 36.2. The number of hydrogen-bond acceptors (Lipinski definition) is 5. The summed E-state index contributed by atoms with van der Waals surface area (Å²) in [6.07, 6.45) is 12.4. The van der Waals surface area contributed by atoms with Crippen LogP contribution in [-0.4, -0.2) is 29.8 Å². The second-order valence-corrected chi connectivity index (χ2v) is 12.4. The van der Waals surface area contributed by atoms with Gasteiger partial charge in [-0.2, -0.15) is 8.42 Å². The molecular weight excluding hydrogens is 438 g/mol. The first-order valence-corrected chi connectivity index (χ1v) is 13.9. The summed E-state index contributed by atoms with van der Waals surface area (Å²) >= 11 is 0. The number of hydrogen-bond donors (Lipinski definition) is 1. The van der Waals surface area contributed by atoms with Crippen molar-refractivity contribution in [3.8, 4) is 0 Å². The standard InChI is InChI=1S/C21H34O5S.C5H5N/c1-13(22)17-6-7-18-16-5-4-14-12-15(26-27(23,24)25)8-10-20(14,2)19(16)9-11-21(17,18)3;1-2-4-6-5-3-1/h14-19H,4-12H2,1-3H3,(H,23,24,25);1-5H/t14-,15-,16+,17-,18+,19+,20-,21+;/m1./s1. The summed E-state index contributed by atoms with van der Waals surface area (Å²) in [5, 5.41) is 0. The second-order valence-electron chi connectivity index (χ2n) is 11.4. The third-order valence-electron chi connectivity index (χ3n) is 9.93. The van der Waals surface area contributed by atoms with Crippen molar-refractivity contribution in [3.63, 3.8) is 0 Å². The van der Waals surface area contributed by atoms with Crippen LogP contribution in [0.5, 0.6) is 0 Å². The summed E-state index contributed by atoms with van der Waals surface area (Å²) in [6, 6.07) is 5.72. The van der Waals surface area contributed by atoms with Crippen molar-refractivity contribution in [2.75, 3.05) is 0 Å². The van der Waals surface area contributed by atoms with E-state index in [-0.39, 0.29) is 22.9 Å². The van der Waals surface area contributed by atoms with Crippen molar-refractivity contribution in [1.29, 1.82) is 0 Å². The lowest BCUT2D eigenvalue weighted by Gasteiger charge is -2.61. The number of carbonyl (C=O) groups excluding carboxylic acids is 1. The molecule has 6 nitrogen and oxygen atoms in total. The number of Topliss-reactive ketones (excluding diaryl/α,β-unsaturated/α-hetero) is 1. The molecule has 1 aromatic heterocycles. The monoisotopic (exact) mass is 477 g/mol. The van der Waals surface area contributed by atoms with Crippen LogP contribution in [0, 0.1) is 40.4 Å². The van der Waals surface area contributed by atoms with Crippen LogP contribution in [0.15, 0.2) is 30.6 Å². The zero-order valence-electron chi connectivity index (χ0n) is 20.2. The van der Waals surface area contributed by atoms with Gasteiger partial charge in [0, 0.05) is 18.3 Å². The molecule has 5 rings (SSSR count). The molecule has 0 aliphatic heterocycles. The molecule has 0 bridgehead atoms. The lowest BCUT2D eigenvalue weighted by molar-refractivity contribution is -0.137. The van der Waals surface area contributed by atoms with Crippen LogP contribution in [0.1, 0.15) is 78.6 Å². The molecule has 4 aliphatic carbocycles. The van der Waals surface area contributed by atoms with Gasteiger partial charge in [-0.15, -0.1) is 0 Å². The molecule has 4 saturated carbocycles. The van der Waals surface area contributed by atoms with E-state index >= 15 is 0 Å². The number of ketones is 1. The zero-order chi connectivity index (χ0) is 23.9. The van der Waals surface area contributed by atoms with Crippen LogP contribution in [-0.2, 0) is 19.4 Å². The number of pyridine rings is 1. The smallest absolute Gasteiger partial charge is 0.300 e. The fourth-order valence-corrected chi connectivity index (χ4v) is 8.98. The fourth-order valence-electron chi connectivity index (χ4n) is 8.46. The van der Waals surface area contributed by atoms with Crippen molar-refractivity contribution in [1.82, 2.24) is 4.98 Å². The minimum absolute atomic E-state index is 0.182. The van der Waals surface area contributed by atoms with Crippen molar-refractivity contribution >= 4 is 16.2 Å². The maximum absolute atomic E-state index is 12.2. The lowest BCUT2D eigenvalue weighted by Crippen LogP contribution is -2.54. The summed E-state index contributed by atoms with van der Waals surface area (Å²) in [7, 11) is -4.37. The Kier molecular flexibility index (Phi) is 7.05. The molecule has 1 N–H and O–H groups in total. The molecule has 8 atom stereocenters. The number of fused-ring (bicyclic) bond motifs is 5. The highest BCUT2D eigenvalue weighted by Crippen LogP contribution is 2.67. The van der Waals surface area contributed by atoms with Gasteiger partial charge in [0.05, 0.1) is 6.10 Å². The Hall–Kier alpha value is -1.31. The van der Waals surface area contributed by atoms with E-state index in [1.165, 1.54) is 19.3 Å². The van der Waals surface area contributed by atoms with Crippen LogP contribution < -0.4 is 0 Å². The molecule has 184 valence electrons. The lowest BCUT2D eigenvalue weighted by atomic mass is 9.44. The SMILES string of the molecule is CC(=O)[C@H]1CC[C@H]2[C@@H]3CC[C@@H]4C[C@H](OS(=O)(=O)O)CC[C@@]4(C)[C@H]3CC[C@@]12C.c1ccncc1. The first kappa shape index (κ1) is 24.8. The normalized spacial score (nSPS) is 42.2. The van der Waals surface area contributed by atoms with Gasteiger partial charge in [0.15, 0.2) is 0 Å². The summed E-state index contributed by atoms with van der Waals surface area (Å²) in [6.45, 7) is 6.57. The molecule has 4 fully saturated rings. The van der Waals surface area contributed by atoms with Crippen molar-refractivity contribution in [2.24, 2.45) is 40.4 Å². The molecule has 0 unspecified atom stereocenters. The predicted octanol–water partition coefficient (Wildman–Crippen LogP) is 5.50. The molecule has 0 spiro atoms. The van der Waals surface area contributed by atoms with E-state index in [0.29, 0.717) is 35.9 Å². The summed E-state index contributed by atoms with van der Waals surface area (Å²) in [4.78, 5) is 16.0. The van der Waals surface area contributed by atoms with Gasteiger partial charge in [0.25, 0.3) is 0 Å². The molecule has 0 radical (unpaired) electrons. The fraction of sp³-hybridized carbons (Fsp3) is 0.769. The number of carbonyl (C=O) groups is 1. The number of nitrogens with zero attached hydrogens (tertiary/aromatic N) is 1. The van der Waals surface area contributed by atoms with Gasteiger partial charge in [-0.25, -0.2) is 4.18 Å². The summed E-state index contributed by atoms with van der Waals surface area (Å²) in [5.74, 6) is 3.12. The van der Waals surface area contributed by atoms with Crippen molar-refractivity contribution < 1.29 is 21.9 Å². The van der Waals surface area contributed by atoms with E-state index in [0.717, 1.165) is 32.1 Å². The Morgan fingerprint density at radius 3 is 2.18 bits per heavy atom. The quantitative estimate of drug-likeness (QED) is 0.578. The number of aromatic nitrogens is 1. The van der Waals surface area contributed by atoms with Gasteiger partial charge in [-0.1, -0.05) is 19.9 Å². The third kappa shape index (κ3) is 4.92. The first-order valence-electron chi connectivity index (χ1n) is 12.6. The van der Waals surface area contributed by atoms with Gasteiger partial charge in [-0.3, -0.25) is 14.3 Å². The van der Waals surface area contributed by atoms with Crippen molar-refractivity contribution in [2.45, 2.75) is 84.7 Å². The average molecular weight is 478 g/mol. The van der Waals surface area contributed by atoms with Crippen LogP contribution in [0.2, 0.25) is 0 Å². The summed E-state index contributed by atoms with van der Waals surface area (Å²) in [5.41, 5.74) is 0.416. The molecule has 0 amide bonds. The molecule has 7 heteroatoms. The van der Waals surface area contributed by atoms with E-state index < -0.39 is 10.4 Å². The van der Waals surface area contributed by atoms with E-state index in [2.05, 4.69) is 18.8 Å². The van der Waals surface area contributed by atoms with Crippen molar-refractivity contribution in [3.05, 3.63) is 30.6 Å². The van der Waals surface area contributed by atoms with Gasteiger partial charge in [0.1, 0.15) is 5.78 Å². The zero-order valence-corrected chi connectivity index (χ0v) is 21.0. The molecule has 33 heavy (non-hydrogen) atoms. The van der Waals surface area contributed by atoms with E-state index in [1.807, 2.05) is 18.2 Å². The van der Waals surface area contributed by atoms with Crippen LogP contribution in [0.3, 0.4) is 0 Å².